The molecule has 0 amide bonds. The second kappa shape index (κ2) is 8.35. The summed E-state index contributed by atoms with van der Waals surface area (Å²) < 4.78 is 5.75. The molecule has 0 fully saturated rings. The highest BCUT2D eigenvalue weighted by molar-refractivity contribution is 5.78. The van der Waals surface area contributed by atoms with E-state index >= 15 is 0 Å². The van der Waals surface area contributed by atoms with E-state index in [-0.39, 0.29) is 5.78 Å². The zero-order valence-electron chi connectivity index (χ0n) is 13.3. The van der Waals surface area contributed by atoms with E-state index in [1.54, 1.807) is 6.92 Å². The molecule has 0 radical (unpaired) electrons. The molecular weight excluding hydrogens is 274 g/mol. The van der Waals surface area contributed by atoms with Gasteiger partial charge in [0.15, 0.2) is 0 Å². The van der Waals surface area contributed by atoms with Crippen molar-refractivity contribution in [3.05, 3.63) is 65.7 Å². The third kappa shape index (κ3) is 5.70. The molecule has 2 aromatic rings. The van der Waals surface area contributed by atoms with Gasteiger partial charge in [0.25, 0.3) is 0 Å². The van der Waals surface area contributed by atoms with Crippen LogP contribution in [0.3, 0.4) is 0 Å². The molecule has 0 aliphatic heterocycles. The second-order valence-corrected chi connectivity index (χ2v) is 5.59. The van der Waals surface area contributed by atoms with E-state index in [2.05, 4.69) is 36.2 Å². The quantitative estimate of drug-likeness (QED) is 0.748. The molecule has 0 saturated carbocycles. The molecule has 3 heteroatoms. The third-order valence-corrected chi connectivity index (χ3v) is 3.41. The predicted molar refractivity (Wildman–Crippen MR) is 89.1 cm³/mol. The molecule has 0 aromatic heterocycles. The first-order valence-electron chi connectivity index (χ1n) is 7.57. The molecule has 0 aliphatic rings. The minimum atomic E-state index is 0.177. The van der Waals surface area contributed by atoms with Crippen molar-refractivity contribution in [2.75, 3.05) is 20.2 Å². The van der Waals surface area contributed by atoms with E-state index in [9.17, 15) is 4.79 Å². The first-order valence-corrected chi connectivity index (χ1v) is 7.57. The van der Waals surface area contributed by atoms with Crippen LogP contribution in [0, 0.1) is 0 Å². The molecule has 2 aromatic carbocycles. The zero-order chi connectivity index (χ0) is 15.8. The van der Waals surface area contributed by atoms with E-state index in [1.807, 2.05) is 30.3 Å². The molecule has 0 heterocycles. The van der Waals surface area contributed by atoms with Crippen LogP contribution >= 0.6 is 0 Å². The van der Waals surface area contributed by atoms with Crippen LogP contribution < -0.4 is 4.74 Å². The Morgan fingerprint density at radius 3 is 2.32 bits per heavy atom. The number of rotatable bonds is 8. The van der Waals surface area contributed by atoms with Gasteiger partial charge in [0.1, 0.15) is 18.1 Å². The van der Waals surface area contributed by atoms with Gasteiger partial charge in [-0.3, -0.25) is 9.69 Å². The molecule has 0 saturated heterocycles. The topological polar surface area (TPSA) is 29.5 Å². The fourth-order valence-electron chi connectivity index (χ4n) is 2.28. The van der Waals surface area contributed by atoms with Gasteiger partial charge in [-0.2, -0.15) is 0 Å². The van der Waals surface area contributed by atoms with E-state index in [0.717, 1.165) is 24.4 Å². The summed E-state index contributed by atoms with van der Waals surface area (Å²) >= 11 is 0. The Kier molecular flexibility index (Phi) is 6.16. The Labute approximate surface area is 132 Å². The van der Waals surface area contributed by atoms with Gasteiger partial charge in [0, 0.05) is 19.5 Å². The van der Waals surface area contributed by atoms with Gasteiger partial charge < -0.3 is 4.74 Å². The van der Waals surface area contributed by atoms with Gasteiger partial charge in [-0.1, -0.05) is 42.5 Å². The number of nitrogens with zero attached hydrogens (tertiary/aromatic N) is 1. The predicted octanol–water partition coefficient (Wildman–Crippen LogP) is 3.33. The molecule has 0 bridgehead atoms. The number of likely N-dealkylation sites (N-methyl/N-ethyl adjacent to an activating group) is 1. The number of hydrogen-bond acceptors (Lipinski definition) is 3. The van der Waals surface area contributed by atoms with Gasteiger partial charge >= 0.3 is 0 Å². The van der Waals surface area contributed by atoms with Crippen molar-refractivity contribution in [1.82, 2.24) is 4.90 Å². The summed E-state index contributed by atoms with van der Waals surface area (Å²) in [6.45, 7) is 4.04. The maximum atomic E-state index is 11.1. The van der Waals surface area contributed by atoms with Crippen LogP contribution in [0.25, 0.3) is 0 Å². The minimum Gasteiger partial charge on any atom is -0.492 e. The lowest BCUT2D eigenvalue weighted by molar-refractivity contribution is -0.116. The number of Topliss-reactive ketones (excluding diaryl/α,β-unsaturated/α-hetero) is 1. The Morgan fingerprint density at radius 1 is 1.00 bits per heavy atom. The first kappa shape index (κ1) is 16.2. The van der Waals surface area contributed by atoms with Crippen molar-refractivity contribution in [1.29, 1.82) is 0 Å². The lowest BCUT2D eigenvalue weighted by atomic mass is 10.1. The average molecular weight is 297 g/mol. The summed E-state index contributed by atoms with van der Waals surface area (Å²) in [4.78, 5) is 13.3. The van der Waals surface area contributed by atoms with Crippen molar-refractivity contribution in [3.8, 4) is 5.75 Å². The molecule has 0 spiro atoms. The van der Waals surface area contributed by atoms with Gasteiger partial charge in [-0.05, 0) is 37.2 Å². The molecule has 0 aliphatic carbocycles. The SMILES string of the molecule is CC(=O)Cc1ccc(OCCN(C)Cc2ccccc2)cc1. The van der Waals surface area contributed by atoms with Gasteiger partial charge in [0.05, 0.1) is 0 Å². The highest BCUT2D eigenvalue weighted by Gasteiger charge is 2.02. The molecular formula is C19H23NO2. The van der Waals surface area contributed by atoms with Crippen molar-refractivity contribution in [2.45, 2.75) is 19.9 Å². The number of carbonyl (C=O) groups is 1. The van der Waals surface area contributed by atoms with Crippen LogP contribution in [0.4, 0.5) is 0 Å². The minimum absolute atomic E-state index is 0.177. The first-order chi connectivity index (χ1) is 10.6. The number of ether oxygens (including phenoxy) is 1. The van der Waals surface area contributed by atoms with E-state index in [4.69, 9.17) is 4.74 Å². The maximum Gasteiger partial charge on any atom is 0.134 e. The molecule has 3 nitrogen and oxygen atoms in total. The number of benzene rings is 2. The maximum absolute atomic E-state index is 11.1. The Bertz CT molecular complexity index is 578. The van der Waals surface area contributed by atoms with Crippen LogP contribution in [0.15, 0.2) is 54.6 Å². The van der Waals surface area contributed by atoms with E-state index in [0.29, 0.717) is 13.0 Å². The van der Waals surface area contributed by atoms with E-state index < -0.39 is 0 Å². The number of hydrogen-bond donors (Lipinski definition) is 0. The molecule has 2 rings (SSSR count). The lowest BCUT2D eigenvalue weighted by Gasteiger charge is -2.17. The molecule has 0 N–H and O–H groups in total. The van der Waals surface area contributed by atoms with Crippen LogP contribution in [-0.2, 0) is 17.8 Å². The molecule has 0 unspecified atom stereocenters. The Balaban J connectivity index is 1.72. The highest BCUT2D eigenvalue weighted by atomic mass is 16.5. The van der Waals surface area contributed by atoms with Crippen LogP contribution in [-0.4, -0.2) is 30.9 Å². The fraction of sp³-hybridized carbons (Fsp3) is 0.316. The van der Waals surface area contributed by atoms with Gasteiger partial charge in [0.2, 0.25) is 0 Å². The van der Waals surface area contributed by atoms with Crippen molar-refractivity contribution in [2.24, 2.45) is 0 Å². The average Bonchev–Trinajstić information content (AvgIpc) is 2.49. The number of ketones is 1. The molecule has 22 heavy (non-hydrogen) atoms. The second-order valence-electron chi connectivity index (χ2n) is 5.59. The van der Waals surface area contributed by atoms with Gasteiger partial charge in [-0.15, -0.1) is 0 Å². The summed E-state index contributed by atoms with van der Waals surface area (Å²) in [5, 5.41) is 0. The van der Waals surface area contributed by atoms with E-state index in [1.165, 1.54) is 5.56 Å². The van der Waals surface area contributed by atoms with Crippen molar-refractivity contribution < 1.29 is 9.53 Å². The standard InChI is InChI=1S/C19H23NO2/c1-16(21)14-17-8-10-19(11-9-17)22-13-12-20(2)15-18-6-4-3-5-7-18/h3-11H,12-15H2,1-2H3. The summed E-state index contributed by atoms with van der Waals surface area (Å²) in [6, 6.07) is 18.2. The van der Waals surface area contributed by atoms with Gasteiger partial charge in [-0.25, -0.2) is 0 Å². The van der Waals surface area contributed by atoms with Crippen molar-refractivity contribution >= 4 is 5.78 Å². The highest BCUT2D eigenvalue weighted by Crippen LogP contribution is 2.13. The summed E-state index contributed by atoms with van der Waals surface area (Å²) in [5.41, 5.74) is 2.33. The van der Waals surface area contributed by atoms with Crippen LogP contribution in [0.5, 0.6) is 5.75 Å². The van der Waals surface area contributed by atoms with Crippen LogP contribution in [0.1, 0.15) is 18.1 Å². The molecule has 116 valence electrons. The Morgan fingerprint density at radius 2 is 1.68 bits per heavy atom. The largest absolute Gasteiger partial charge is 0.492 e. The zero-order valence-corrected chi connectivity index (χ0v) is 13.3. The number of carbonyl (C=O) groups excluding carboxylic acids is 1. The summed E-state index contributed by atoms with van der Waals surface area (Å²) in [5.74, 6) is 1.02. The fourth-order valence-corrected chi connectivity index (χ4v) is 2.28. The Hall–Kier alpha value is -2.13. The molecule has 0 atom stereocenters. The third-order valence-electron chi connectivity index (χ3n) is 3.41. The summed E-state index contributed by atoms with van der Waals surface area (Å²) in [7, 11) is 2.09. The normalized spacial score (nSPS) is 10.7. The van der Waals surface area contributed by atoms with Crippen LogP contribution in [0.2, 0.25) is 0 Å². The smallest absolute Gasteiger partial charge is 0.134 e. The monoisotopic (exact) mass is 297 g/mol. The lowest BCUT2D eigenvalue weighted by Crippen LogP contribution is -2.23. The summed E-state index contributed by atoms with van der Waals surface area (Å²) in [6.07, 6.45) is 0.486. The van der Waals surface area contributed by atoms with Crippen molar-refractivity contribution in [3.63, 3.8) is 0 Å².